The monoisotopic (exact) mass is 349 g/mol. The number of aliphatic hydroxyl groups excluding tert-OH is 1. The third-order valence-corrected chi connectivity index (χ3v) is 4.65. The zero-order chi connectivity index (χ0) is 16.9. The van der Waals surface area contributed by atoms with Gasteiger partial charge in [0.1, 0.15) is 23.9 Å². The van der Waals surface area contributed by atoms with Gasteiger partial charge in [-0.3, -0.25) is 4.79 Å². The van der Waals surface area contributed by atoms with Crippen LogP contribution in [0.5, 0.6) is 0 Å². The number of amides is 1. The Hall–Kier alpha value is -1.92. The van der Waals surface area contributed by atoms with E-state index in [-0.39, 0.29) is 22.7 Å². The van der Waals surface area contributed by atoms with E-state index < -0.39 is 6.10 Å². The van der Waals surface area contributed by atoms with Crippen LogP contribution in [-0.2, 0) is 0 Å². The molecule has 0 saturated carbocycles. The molecule has 1 amide bonds. The number of nitrogens with zero attached hydrogens (tertiary/aromatic N) is 3. The van der Waals surface area contributed by atoms with E-state index >= 15 is 0 Å². The maximum Gasteiger partial charge on any atom is 0.274 e. The van der Waals surface area contributed by atoms with Gasteiger partial charge in [0.15, 0.2) is 0 Å². The van der Waals surface area contributed by atoms with Gasteiger partial charge in [0.2, 0.25) is 0 Å². The van der Waals surface area contributed by atoms with Crippen LogP contribution in [0.25, 0.3) is 0 Å². The molecular weight excluding hydrogens is 330 g/mol. The van der Waals surface area contributed by atoms with Gasteiger partial charge in [0, 0.05) is 25.2 Å². The van der Waals surface area contributed by atoms with Crippen LogP contribution in [0.4, 0.5) is 0 Å². The minimum atomic E-state index is -0.737. The maximum atomic E-state index is 12.9. The number of halogens is 1. The smallest absolute Gasteiger partial charge is 0.274 e. The SMILES string of the molecule is O=C(c1ncncc1Cl)N1CCCCC[C@@H]1C[C@H](O)c1ccco1. The van der Waals surface area contributed by atoms with Crippen LogP contribution < -0.4 is 0 Å². The normalized spacial score (nSPS) is 19.8. The van der Waals surface area contributed by atoms with E-state index in [0.717, 1.165) is 25.7 Å². The van der Waals surface area contributed by atoms with Crippen molar-refractivity contribution in [1.29, 1.82) is 0 Å². The molecule has 0 unspecified atom stereocenters. The molecule has 0 radical (unpaired) electrons. The number of hydrogen-bond acceptors (Lipinski definition) is 5. The van der Waals surface area contributed by atoms with Crippen LogP contribution >= 0.6 is 11.6 Å². The van der Waals surface area contributed by atoms with Gasteiger partial charge >= 0.3 is 0 Å². The molecular formula is C17H20ClN3O3. The number of furan rings is 1. The van der Waals surface area contributed by atoms with Crippen LogP contribution in [0.1, 0.15) is 54.5 Å². The van der Waals surface area contributed by atoms with E-state index in [9.17, 15) is 9.90 Å². The van der Waals surface area contributed by atoms with Gasteiger partial charge in [-0.25, -0.2) is 9.97 Å². The molecule has 3 rings (SSSR count). The fourth-order valence-electron chi connectivity index (χ4n) is 3.15. The van der Waals surface area contributed by atoms with Gasteiger partial charge in [-0.05, 0) is 25.0 Å². The Bertz CT molecular complexity index is 677. The molecule has 1 aliphatic rings. The van der Waals surface area contributed by atoms with Crippen LogP contribution in [0.3, 0.4) is 0 Å². The Balaban J connectivity index is 1.80. The standard InChI is InChI=1S/C17H20ClN3O3/c18-13-10-19-11-20-16(13)17(23)21-7-3-1-2-5-12(21)9-14(22)15-6-4-8-24-15/h4,6,8,10-12,14,22H,1-3,5,7,9H2/t12-,14+/m1/s1. The lowest BCUT2D eigenvalue weighted by Gasteiger charge is -2.31. The van der Waals surface area contributed by atoms with Gasteiger partial charge in [0.05, 0.1) is 11.3 Å². The van der Waals surface area contributed by atoms with Crippen LogP contribution in [0.2, 0.25) is 5.02 Å². The molecule has 6 nitrogen and oxygen atoms in total. The number of likely N-dealkylation sites (tertiary alicyclic amines) is 1. The van der Waals surface area contributed by atoms with E-state index in [0.29, 0.717) is 18.7 Å². The van der Waals surface area contributed by atoms with Crippen molar-refractivity contribution in [3.8, 4) is 0 Å². The van der Waals surface area contributed by atoms with Crippen LogP contribution in [0, 0.1) is 0 Å². The highest BCUT2D eigenvalue weighted by Gasteiger charge is 2.30. The highest BCUT2D eigenvalue weighted by atomic mass is 35.5. The summed E-state index contributed by atoms with van der Waals surface area (Å²) < 4.78 is 5.27. The van der Waals surface area contributed by atoms with Crippen molar-refractivity contribution in [1.82, 2.24) is 14.9 Å². The first-order valence-corrected chi connectivity index (χ1v) is 8.52. The number of carbonyl (C=O) groups excluding carboxylic acids is 1. The van der Waals surface area contributed by atoms with E-state index in [1.165, 1.54) is 18.8 Å². The summed E-state index contributed by atoms with van der Waals surface area (Å²) in [6.07, 6.45) is 7.84. The van der Waals surface area contributed by atoms with Crippen molar-refractivity contribution in [3.05, 3.63) is 47.4 Å². The molecule has 0 spiro atoms. The first kappa shape index (κ1) is 16.9. The molecule has 3 heterocycles. The third kappa shape index (κ3) is 3.76. The largest absolute Gasteiger partial charge is 0.467 e. The lowest BCUT2D eigenvalue weighted by Crippen LogP contribution is -2.41. The number of aromatic nitrogens is 2. The average Bonchev–Trinajstić information content (AvgIpc) is 3.03. The summed E-state index contributed by atoms with van der Waals surface area (Å²) in [6, 6.07) is 3.41. The Morgan fingerprint density at radius 2 is 2.33 bits per heavy atom. The van der Waals surface area contributed by atoms with E-state index in [2.05, 4.69) is 9.97 Å². The van der Waals surface area contributed by atoms with E-state index in [1.54, 1.807) is 17.0 Å². The second kappa shape index (κ2) is 7.77. The first-order valence-electron chi connectivity index (χ1n) is 8.14. The zero-order valence-corrected chi connectivity index (χ0v) is 14.0. The summed E-state index contributed by atoms with van der Waals surface area (Å²) in [7, 11) is 0. The van der Waals surface area contributed by atoms with Gasteiger partial charge in [-0.1, -0.05) is 24.4 Å². The molecule has 128 valence electrons. The lowest BCUT2D eigenvalue weighted by atomic mass is 10.0. The second-order valence-electron chi connectivity index (χ2n) is 5.99. The Morgan fingerprint density at radius 1 is 1.46 bits per heavy atom. The first-order chi connectivity index (χ1) is 11.7. The third-order valence-electron chi connectivity index (χ3n) is 4.38. The van der Waals surface area contributed by atoms with Gasteiger partial charge < -0.3 is 14.4 Å². The molecule has 2 aromatic heterocycles. The molecule has 2 atom stereocenters. The minimum Gasteiger partial charge on any atom is -0.467 e. The number of rotatable bonds is 4. The molecule has 24 heavy (non-hydrogen) atoms. The highest BCUT2D eigenvalue weighted by molar-refractivity contribution is 6.33. The summed E-state index contributed by atoms with van der Waals surface area (Å²) >= 11 is 6.08. The van der Waals surface area contributed by atoms with Crippen molar-refractivity contribution in [2.75, 3.05) is 6.54 Å². The topological polar surface area (TPSA) is 79.5 Å². The predicted molar refractivity (Wildman–Crippen MR) is 88.6 cm³/mol. The van der Waals surface area contributed by atoms with Crippen LogP contribution in [-0.4, -0.2) is 38.5 Å². The van der Waals surface area contributed by atoms with E-state index in [4.69, 9.17) is 16.0 Å². The molecule has 1 fully saturated rings. The van der Waals surface area contributed by atoms with E-state index in [1.807, 2.05) is 0 Å². The summed E-state index contributed by atoms with van der Waals surface area (Å²) in [5.74, 6) is 0.313. The van der Waals surface area contributed by atoms with Crippen molar-refractivity contribution in [2.24, 2.45) is 0 Å². The summed E-state index contributed by atoms with van der Waals surface area (Å²) in [5.41, 5.74) is 0.214. The molecule has 0 aromatic carbocycles. The average molecular weight is 350 g/mol. The van der Waals surface area contributed by atoms with Crippen LogP contribution in [0.15, 0.2) is 35.3 Å². The maximum absolute atomic E-state index is 12.9. The second-order valence-corrected chi connectivity index (χ2v) is 6.40. The Morgan fingerprint density at radius 3 is 3.08 bits per heavy atom. The summed E-state index contributed by atoms with van der Waals surface area (Å²) in [4.78, 5) is 22.5. The zero-order valence-electron chi connectivity index (χ0n) is 13.3. The Kier molecular flexibility index (Phi) is 5.48. The fraction of sp³-hybridized carbons (Fsp3) is 0.471. The van der Waals surface area contributed by atoms with Gasteiger partial charge in [0.25, 0.3) is 5.91 Å². The predicted octanol–water partition coefficient (Wildman–Crippen LogP) is 3.23. The quantitative estimate of drug-likeness (QED) is 0.916. The molecule has 2 aromatic rings. The summed E-state index contributed by atoms with van der Waals surface area (Å²) in [5, 5.41) is 10.6. The van der Waals surface area contributed by atoms with Gasteiger partial charge in [-0.2, -0.15) is 0 Å². The van der Waals surface area contributed by atoms with Gasteiger partial charge in [-0.15, -0.1) is 0 Å². The fourth-order valence-corrected chi connectivity index (χ4v) is 3.34. The molecule has 0 aliphatic carbocycles. The Labute approximate surface area is 145 Å². The molecule has 0 bridgehead atoms. The lowest BCUT2D eigenvalue weighted by molar-refractivity contribution is 0.0552. The number of hydrogen-bond donors (Lipinski definition) is 1. The van der Waals surface area contributed by atoms with Crippen molar-refractivity contribution >= 4 is 17.5 Å². The van der Waals surface area contributed by atoms with Crippen molar-refractivity contribution in [3.63, 3.8) is 0 Å². The van der Waals surface area contributed by atoms with Crippen molar-refractivity contribution in [2.45, 2.75) is 44.2 Å². The molecule has 1 aliphatic heterocycles. The number of carbonyl (C=O) groups is 1. The number of aliphatic hydroxyl groups is 1. The highest BCUT2D eigenvalue weighted by Crippen LogP contribution is 2.28. The van der Waals surface area contributed by atoms with Crippen molar-refractivity contribution < 1.29 is 14.3 Å². The molecule has 1 N–H and O–H groups in total. The summed E-state index contributed by atoms with van der Waals surface area (Å²) in [6.45, 7) is 0.634. The minimum absolute atomic E-state index is 0.0777. The molecule has 7 heteroatoms. The molecule has 1 saturated heterocycles.